The van der Waals surface area contributed by atoms with Crippen LogP contribution in [0.2, 0.25) is 0 Å². The number of aromatic amines is 1. The van der Waals surface area contributed by atoms with Gasteiger partial charge in [0.25, 0.3) is 5.56 Å². The second-order valence-corrected chi connectivity index (χ2v) is 4.22. The molecule has 8 heteroatoms. The first-order valence-electron chi connectivity index (χ1n) is 6.05. The second kappa shape index (κ2) is 5.91. The number of carbonyl (C=O) groups is 1. The molecule has 102 valence electrons. The summed E-state index contributed by atoms with van der Waals surface area (Å²) >= 11 is 0. The maximum Gasteiger partial charge on any atom is 0.340 e. The Bertz CT molecular complexity index is 694. The van der Waals surface area contributed by atoms with Crippen LogP contribution >= 0.6 is 0 Å². The van der Waals surface area contributed by atoms with Gasteiger partial charge in [0.2, 0.25) is 0 Å². The molecule has 8 nitrogen and oxygen atoms in total. The molecule has 1 N–H and O–H groups in total. The van der Waals surface area contributed by atoms with E-state index >= 15 is 0 Å². The highest BCUT2D eigenvalue weighted by Crippen LogP contribution is 2.24. The Morgan fingerprint density at radius 3 is 3.05 bits per heavy atom. The van der Waals surface area contributed by atoms with Gasteiger partial charge in [-0.2, -0.15) is 5.26 Å². The lowest BCUT2D eigenvalue weighted by Crippen LogP contribution is -2.22. The van der Waals surface area contributed by atoms with Crippen molar-refractivity contribution < 1.29 is 9.53 Å². The van der Waals surface area contributed by atoms with Crippen molar-refractivity contribution in [2.45, 2.75) is 19.3 Å². The minimum Gasteiger partial charge on any atom is -0.462 e. The van der Waals surface area contributed by atoms with E-state index in [0.29, 0.717) is 24.1 Å². The highest BCUT2D eigenvalue weighted by molar-refractivity contribution is 5.94. The topological polar surface area (TPSA) is 132 Å². The molecule has 0 unspecified atom stereocenters. The fourth-order valence-electron chi connectivity index (χ4n) is 2.25. The molecular weight excluding hydrogens is 262 g/mol. The molecule has 1 aliphatic rings. The van der Waals surface area contributed by atoms with Crippen molar-refractivity contribution in [2.24, 2.45) is 5.11 Å². The molecule has 1 heterocycles. The number of carbonyl (C=O) groups excluding carboxylic acids is 1. The summed E-state index contributed by atoms with van der Waals surface area (Å²) in [6.45, 7) is -0.0785. The van der Waals surface area contributed by atoms with Gasteiger partial charge in [0.15, 0.2) is 0 Å². The van der Waals surface area contributed by atoms with E-state index in [4.69, 9.17) is 15.5 Å². The van der Waals surface area contributed by atoms with Gasteiger partial charge in [0.05, 0.1) is 18.7 Å². The predicted molar refractivity (Wildman–Crippen MR) is 68.1 cm³/mol. The number of pyridine rings is 1. The zero-order valence-corrected chi connectivity index (χ0v) is 10.5. The first-order chi connectivity index (χ1) is 9.69. The maximum atomic E-state index is 12.0. The third kappa shape index (κ3) is 2.48. The Kier molecular flexibility index (Phi) is 4.03. The fourth-order valence-corrected chi connectivity index (χ4v) is 2.25. The third-order valence-electron chi connectivity index (χ3n) is 3.06. The quantitative estimate of drug-likeness (QED) is 0.290. The van der Waals surface area contributed by atoms with Crippen LogP contribution in [0.15, 0.2) is 9.91 Å². The monoisotopic (exact) mass is 273 g/mol. The first-order valence-corrected chi connectivity index (χ1v) is 6.05. The second-order valence-electron chi connectivity index (χ2n) is 4.22. The molecule has 0 atom stereocenters. The van der Waals surface area contributed by atoms with Crippen LogP contribution in [0.4, 0.5) is 0 Å². The van der Waals surface area contributed by atoms with Gasteiger partial charge >= 0.3 is 5.97 Å². The predicted octanol–water partition coefficient (Wildman–Crippen LogP) is 1.20. The molecule has 0 amide bonds. The molecule has 0 bridgehead atoms. The highest BCUT2D eigenvalue weighted by atomic mass is 16.5. The van der Waals surface area contributed by atoms with E-state index in [2.05, 4.69) is 15.0 Å². The van der Waals surface area contributed by atoms with Crippen LogP contribution in [-0.2, 0) is 17.6 Å². The van der Waals surface area contributed by atoms with Crippen LogP contribution < -0.4 is 5.56 Å². The molecular formula is C12H11N5O3. The van der Waals surface area contributed by atoms with E-state index in [1.807, 2.05) is 0 Å². The van der Waals surface area contributed by atoms with Crippen molar-refractivity contribution in [3.8, 4) is 6.07 Å². The molecule has 0 saturated carbocycles. The number of hydrogen-bond donors (Lipinski definition) is 1. The fraction of sp³-hybridized carbons (Fsp3) is 0.417. The Labute approximate surface area is 113 Å². The number of esters is 1. The molecule has 0 radical (unpaired) electrons. The third-order valence-corrected chi connectivity index (χ3v) is 3.06. The van der Waals surface area contributed by atoms with E-state index in [0.717, 1.165) is 6.42 Å². The molecule has 0 fully saturated rings. The Balaban J connectivity index is 2.35. The zero-order chi connectivity index (χ0) is 14.5. The van der Waals surface area contributed by atoms with E-state index in [-0.39, 0.29) is 24.3 Å². The van der Waals surface area contributed by atoms with Crippen molar-refractivity contribution in [1.29, 1.82) is 5.26 Å². The van der Waals surface area contributed by atoms with E-state index in [9.17, 15) is 9.59 Å². The molecule has 0 aromatic carbocycles. The molecule has 0 spiro atoms. The van der Waals surface area contributed by atoms with Crippen LogP contribution in [0, 0.1) is 11.3 Å². The Morgan fingerprint density at radius 1 is 1.55 bits per heavy atom. The average Bonchev–Trinajstić information content (AvgIpc) is 2.89. The number of nitrogens with one attached hydrogen (secondary N) is 1. The maximum absolute atomic E-state index is 12.0. The SMILES string of the molecule is N#Cc1c(C(=O)OCCN=[N+]=[N-])c2c([nH]c1=O)CCC2. The van der Waals surface area contributed by atoms with Crippen molar-refractivity contribution in [3.63, 3.8) is 0 Å². The van der Waals surface area contributed by atoms with Gasteiger partial charge in [-0.3, -0.25) is 4.79 Å². The van der Waals surface area contributed by atoms with Gasteiger partial charge in [-0.05, 0) is 30.4 Å². The molecule has 1 aromatic rings. The molecule has 1 aliphatic carbocycles. The summed E-state index contributed by atoms with van der Waals surface area (Å²) in [5.74, 6) is -0.723. The summed E-state index contributed by atoms with van der Waals surface area (Å²) < 4.78 is 4.95. The van der Waals surface area contributed by atoms with E-state index in [1.165, 1.54) is 0 Å². The van der Waals surface area contributed by atoms with Crippen LogP contribution in [0.25, 0.3) is 10.4 Å². The normalized spacial score (nSPS) is 12.2. The van der Waals surface area contributed by atoms with Gasteiger partial charge in [0.1, 0.15) is 11.6 Å². The number of rotatable bonds is 4. The summed E-state index contributed by atoms with van der Waals surface area (Å²) in [4.78, 5) is 29.0. The molecule has 0 aliphatic heterocycles. The minimum atomic E-state index is -0.723. The lowest BCUT2D eigenvalue weighted by molar-refractivity contribution is 0.0515. The molecule has 20 heavy (non-hydrogen) atoms. The van der Waals surface area contributed by atoms with Crippen LogP contribution in [-0.4, -0.2) is 24.1 Å². The summed E-state index contributed by atoms with van der Waals surface area (Å²) in [6.07, 6.45) is 2.12. The lowest BCUT2D eigenvalue weighted by atomic mass is 10.0. The summed E-state index contributed by atoms with van der Waals surface area (Å²) in [5, 5.41) is 12.3. The zero-order valence-electron chi connectivity index (χ0n) is 10.5. The number of aromatic nitrogens is 1. The van der Waals surface area contributed by atoms with E-state index in [1.54, 1.807) is 6.07 Å². The minimum absolute atomic E-state index is 0.00943. The van der Waals surface area contributed by atoms with Crippen molar-refractivity contribution >= 4 is 5.97 Å². The highest BCUT2D eigenvalue weighted by Gasteiger charge is 2.26. The molecule has 1 aromatic heterocycles. The van der Waals surface area contributed by atoms with Crippen LogP contribution in [0.3, 0.4) is 0 Å². The molecule has 2 rings (SSSR count). The number of nitrogens with zero attached hydrogens (tertiary/aromatic N) is 4. The van der Waals surface area contributed by atoms with Crippen molar-refractivity contribution in [3.05, 3.63) is 43.2 Å². The largest absolute Gasteiger partial charge is 0.462 e. The number of aryl methyl sites for hydroxylation is 1. The number of azide groups is 1. The van der Waals surface area contributed by atoms with Gasteiger partial charge in [-0.25, -0.2) is 4.79 Å². The first kappa shape index (κ1) is 13.6. The number of fused-ring (bicyclic) bond motifs is 1. The number of ether oxygens (including phenoxy) is 1. The number of nitriles is 1. The summed E-state index contributed by atoms with van der Waals surface area (Å²) in [6, 6.07) is 1.75. The van der Waals surface area contributed by atoms with Crippen molar-refractivity contribution in [2.75, 3.05) is 13.2 Å². The van der Waals surface area contributed by atoms with Gasteiger partial charge in [0, 0.05) is 10.6 Å². The summed E-state index contributed by atoms with van der Waals surface area (Å²) in [5.41, 5.74) is 8.74. The van der Waals surface area contributed by atoms with Crippen LogP contribution in [0.1, 0.15) is 33.6 Å². The molecule has 0 saturated heterocycles. The smallest absolute Gasteiger partial charge is 0.340 e. The Morgan fingerprint density at radius 2 is 2.35 bits per heavy atom. The van der Waals surface area contributed by atoms with Gasteiger partial charge < -0.3 is 9.72 Å². The standard InChI is InChI=1S/C12H11N5O3/c13-6-8-10(12(19)20-5-4-15-17-14)7-2-1-3-9(7)16-11(8)18/h1-5H2,(H,16,18). The van der Waals surface area contributed by atoms with E-state index < -0.39 is 11.5 Å². The summed E-state index contributed by atoms with van der Waals surface area (Å²) in [7, 11) is 0. The average molecular weight is 273 g/mol. The number of hydrogen-bond acceptors (Lipinski definition) is 5. The van der Waals surface area contributed by atoms with Crippen LogP contribution in [0.5, 0.6) is 0 Å². The van der Waals surface area contributed by atoms with Gasteiger partial charge in [-0.15, -0.1) is 0 Å². The Hall–Kier alpha value is -2.78. The lowest BCUT2D eigenvalue weighted by Gasteiger charge is -2.09. The van der Waals surface area contributed by atoms with Gasteiger partial charge in [-0.1, -0.05) is 5.11 Å². The van der Waals surface area contributed by atoms with Crippen molar-refractivity contribution in [1.82, 2.24) is 4.98 Å². The number of H-pyrrole nitrogens is 1.